The van der Waals surface area contributed by atoms with Crippen molar-refractivity contribution < 1.29 is 9.59 Å². The van der Waals surface area contributed by atoms with Gasteiger partial charge in [-0.3, -0.25) is 19.5 Å². The van der Waals surface area contributed by atoms with Crippen molar-refractivity contribution in [2.24, 2.45) is 4.99 Å². The van der Waals surface area contributed by atoms with Crippen molar-refractivity contribution in [3.63, 3.8) is 0 Å². The molecule has 0 aliphatic carbocycles. The molecule has 2 amide bonds. The van der Waals surface area contributed by atoms with E-state index in [2.05, 4.69) is 23.7 Å². The third-order valence-corrected chi connectivity index (χ3v) is 7.52. The van der Waals surface area contributed by atoms with Crippen molar-refractivity contribution in [3.05, 3.63) is 15.4 Å². The highest BCUT2D eigenvalue weighted by molar-refractivity contribution is 7.11. The number of hydrogen-bond acceptors (Lipinski definition) is 5. The number of carbonyl (C=O) groups excluding carboxylic acids is 2. The summed E-state index contributed by atoms with van der Waals surface area (Å²) in [5, 5.41) is 0. The highest BCUT2D eigenvalue weighted by Gasteiger charge is 2.39. The summed E-state index contributed by atoms with van der Waals surface area (Å²) in [6.45, 7) is 14.8. The van der Waals surface area contributed by atoms with Crippen molar-refractivity contribution in [3.8, 4) is 0 Å². The molecule has 168 valence electrons. The minimum Gasteiger partial charge on any atom is -0.338 e. The van der Waals surface area contributed by atoms with Crippen LogP contribution in [-0.4, -0.2) is 82.0 Å². The van der Waals surface area contributed by atoms with Crippen LogP contribution in [-0.2, 0) is 4.79 Å². The van der Waals surface area contributed by atoms with Crippen LogP contribution in [0.15, 0.2) is 4.99 Å². The van der Waals surface area contributed by atoms with Crippen LogP contribution in [0.25, 0.3) is 0 Å². The van der Waals surface area contributed by atoms with Gasteiger partial charge in [0, 0.05) is 57.1 Å². The zero-order valence-corrected chi connectivity index (χ0v) is 20.3. The average molecular weight is 456 g/mol. The Hall–Kier alpha value is -1.38. The predicted octanol–water partition coefficient (Wildman–Crippen LogP) is 2.75. The molecule has 0 N–H and O–H groups in total. The highest BCUT2D eigenvalue weighted by atomic mass is 35.5. The predicted molar refractivity (Wildman–Crippen MR) is 121 cm³/mol. The number of hydrogen-bond donors (Lipinski definition) is 0. The topological polar surface area (TPSA) is 61.2 Å². The van der Waals surface area contributed by atoms with Crippen molar-refractivity contribution >= 4 is 34.9 Å². The molecule has 0 aromatic carbocycles. The Kier molecular flexibility index (Phi) is 7.63. The monoisotopic (exact) mass is 455 g/mol. The van der Waals surface area contributed by atoms with E-state index in [1.165, 1.54) is 15.4 Å². The zero-order valence-electron chi connectivity index (χ0n) is 18.7. The number of amides is 2. The Morgan fingerprint density at radius 2 is 1.80 bits per heavy atom. The largest absolute Gasteiger partial charge is 0.338 e. The molecule has 0 bridgehead atoms. The van der Waals surface area contributed by atoms with Crippen LogP contribution >= 0.6 is 23.1 Å². The van der Waals surface area contributed by atoms with E-state index in [4.69, 9.17) is 11.8 Å². The number of aromatic nitrogens is 1. The van der Waals surface area contributed by atoms with E-state index in [1.54, 1.807) is 4.90 Å². The Labute approximate surface area is 188 Å². The minimum atomic E-state index is -0.374. The normalized spacial score (nSPS) is 21.3. The van der Waals surface area contributed by atoms with Crippen molar-refractivity contribution in [2.45, 2.75) is 65.5 Å². The first-order chi connectivity index (χ1) is 14.3. The van der Waals surface area contributed by atoms with Gasteiger partial charge in [-0.2, -0.15) is 0 Å². The molecule has 9 heteroatoms. The van der Waals surface area contributed by atoms with Crippen LogP contribution in [0.3, 0.4) is 0 Å². The molecule has 7 nitrogen and oxygen atoms in total. The molecule has 1 aromatic heterocycles. The molecule has 3 rings (SSSR count). The second-order valence-corrected chi connectivity index (χ2v) is 9.94. The number of piperazine rings is 1. The summed E-state index contributed by atoms with van der Waals surface area (Å²) >= 11 is 7.83. The molecule has 2 aliphatic heterocycles. The molecular formula is C21H34ClN5O2S. The molecule has 0 saturated carbocycles. The molecule has 1 unspecified atom stereocenters. The molecule has 30 heavy (non-hydrogen) atoms. The number of halogens is 1. The Balaban J connectivity index is 1.81. The average Bonchev–Trinajstić information content (AvgIpc) is 3.32. The van der Waals surface area contributed by atoms with Gasteiger partial charge in [-0.05, 0) is 39.5 Å². The summed E-state index contributed by atoms with van der Waals surface area (Å²) in [6.07, 6.45) is 1.58. The van der Waals surface area contributed by atoms with Crippen LogP contribution in [0.1, 0.15) is 68.7 Å². The number of likely N-dealkylation sites (tertiary alicyclic amines) is 1. The van der Waals surface area contributed by atoms with Crippen molar-refractivity contribution in [1.82, 2.24) is 18.8 Å². The van der Waals surface area contributed by atoms with Gasteiger partial charge in [0.05, 0.1) is 5.69 Å². The van der Waals surface area contributed by atoms with Crippen LogP contribution in [0.4, 0.5) is 0 Å². The van der Waals surface area contributed by atoms with Gasteiger partial charge in [-0.15, -0.1) is 0 Å². The van der Waals surface area contributed by atoms with E-state index in [9.17, 15) is 9.59 Å². The maximum absolute atomic E-state index is 13.5. The third kappa shape index (κ3) is 4.60. The first kappa shape index (κ1) is 23.3. The summed E-state index contributed by atoms with van der Waals surface area (Å²) < 4.78 is 1.52. The summed E-state index contributed by atoms with van der Waals surface area (Å²) in [5.41, 5.74) is 0.780. The van der Waals surface area contributed by atoms with E-state index in [-0.39, 0.29) is 23.8 Å². The lowest BCUT2D eigenvalue weighted by molar-refractivity contribution is -0.137. The Morgan fingerprint density at radius 3 is 2.37 bits per heavy atom. The van der Waals surface area contributed by atoms with Gasteiger partial charge < -0.3 is 9.80 Å². The SMILES string of the molecule is CCN=c1sc(C(=O)N2CCCC2C(=O)N2CCN(C(C)C)CC2)c(C(C)C)n1Cl. The highest BCUT2D eigenvalue weighted by Crippen LogP contribution is 2.28. The van der Waals surface area contributed by atoms with Gasteiger partial charge in [0.25, 0.3) is 5.91 Å². The molecule has 2 fully saturated rings. The first-order valence-electron chi connectivity index (χ1n) is 11.0. The lowest BCUT2D eigenvalue weighted by Gasteiger charge is -2.39. The van der Waals surface area contributed by atoms with Crippen molar-refractivity contribution in [1.29, 1.82) is 0 Å². The number of nitrogens with zero attached hydrogens (tertiary/aromatic N) is 5. The summed E-state index contributed by atoms with van der Waals surface area (Å²) in [4.78, 5) is 38.6. The van der Waals surface area contributed by atoms with E-state index in [0.717, 1.165) is 44.7 Å². The third-order valence-electron chi connectivity index (χ3n) is 5.99. The number of rotatable bonds is 5. The van der Waals surface area contributed by atoms with Gasteiger partial charge in [-0.25, -0.2) is 4.09 Å². The fourth-order valence-corrected chi connectivity index (χ4v) is 5.99. The Morgan fingerprint density at radius 1 is 1.13 bits per heavy atom. The van der Waals surface area contributed by atoms with Crippen LogP contribution in [0, 0.1) is 0 Å². The van der Waals surface area contributed by atoms with Gasteiger partial charge in [0.15, 0.2) is 0 Å². The van der Waals surface area contributed by atoms with E-state index < -0.39 is 0 Å². The second kappa shape index (κ2) is 9.83. The molecular weight excluding hydrogens is 422 g/mol. The lowest BCUT2D eigenvalue weighted by Crippen LogP contribution is -2.55. The maximum Gasteiger partial charge on any atom is 0.266 e. The molecule has 1 atom stereocenters. The molecule has 3 heterocycles. The van der Waals surface area contributed by atoms with Crippen LogP contribution < -0.4 is 4.80 Å². The van der Waals surface area contributed by atoms with Gasteiger partial charge in [-0.1, -0.05) is 25.2 Å². The zero-order chi connectivity index (χ0) is 22.0. The molecule has 0 radical (unpaired) electrons. The van der Waals surface area contributed by atoms with E-state index >= 15 is 0 Å². The molecule has 2 aliphatic rings. The Bertz CT molecular complexity index is 839. The molecule has 2 saturated heterocycles. The second-order valence-electron chi connectivity index (χ2n) is 8.62. The van der Waals surface area contributed by atoms with Gasteiger partial charge >= 0.3 is 0 Å². The maximum atomic E-state index is 13.5. The van der Waals surface area contributed by atoms with E-state index in [0.29, 0.717) is 28.8 Å². The fourth-order valence-electron chi connectivity index (χ4n) is 4.31. The van der Waals surface area contributed by atoms with E-state index in [1.807, 2.05) is 25.7 Å². The number of thiazole rings is 1. The fraction of sp³-hybridized carbons (Fsp3) is 0.762. The lowest BCUT2D eigenvalue weighted by atomic mass is 10.1. The van der Waals surface area contributed by atoms with Crippen LogP contribution in [0.2, 0.25) is 0 Å². The molecule has 0 spiro atoms. The standard InChI is InChI=1S/C21H34ClN5O2S/c1-6-23-21-27(22)17(14(2)3)18(30-21)20(29)26-9-7-8-16(26)19(28)25-12-10-24(11-13-25)15(4)5/h14-16H,6-13H2,1-5H3. The summed E-state index contributed by atoms with van der Waals surface area (Å²) in [6, 6.07) is 0.116. The van der Waals surface area contributed by atoms with Gasteiger partial charge in [0.1, 0.15) is 10.9 Å². The quantitative estimate of drug-likeness (QED) is 0.685. The minimum absolute atomic E-state index is 0.0828. The number of carbonyl (C=O) groups is 2. The first-order valence-corrected chi connectivity index (χ1v) is 12.2. The molecule has 1 aromatic rings. The smallest absolute Gasteiger partial charge is 0.266 e. The van der Waals surface area contributed by atoms with Gasteiger partial charge in [0.2, 0.25) is 10.7 Å². The summed E-state index contributed by atoms with van der Waals surface area (Å²) in [7, 11) is 0. The van der Waals surface area contributed by atoms with Crippen molar-refractivity contribution in [2.75, 3.05) is 39.3 Å². The van der Waals surface area contributed by atoms with Crippen LogP contribution in [0.5, 0.6) is 0 Å². The summed E-state index contributed by atoms with van der Waals surface area (Å²) in [5.74, 6) is 0.0795.